The molecule has 0 amide bonds. The van der Waals surface area contributed by atoms with E-state index in [0.29, 0.717) is 6.04 Å². The molecule has 1 unspecified atom stereocenters. The Balaban J connectivity index is 2.40. The largest absolute Gasteiger partial charge is 0.382 e. The van der Waals surface area contributed by atoms with Crippen molar-refractivity contribution < 1.29 is 0 Å². The molecule has 1 N–H and O–H groups in total. The molecule has 15 heavy (non-hydrogen) atoms. The van der Waals surface area contributed by atoms with Gasteiger partial charge in [0.05, 0.1) is 16.4 Å². The summed E-state index contributed by atoms with van der Waals surface area (Å²) in [6, 6.07) is 6.60. The standard InChI is InChI=1S/C12H17ClN2/c1-3-9(2)15-8-7-14-11-6-4-5-10(13)12(11)15/h4-6,9,14H,3,7-8H2,1-2H3. The highest BCUT2D eigenvalue weighted by atomic mass is 35.5. The zero-order valence-electron chi connectivity index (χ0n) is 9.26. The van der Waals surface area contributed by atoms with E-state index in [0.717, 1.165) is 30.2 Å². The number of fused-ring (bicyclic) bond motifs is 1. The lowest BCUT2D eigenvalue weighted by Crippen LogP contribution is -2.40. The molecule has 0 saturated heterocycles. The fraction of sp³-hybridized carbons (Fsp3) is 0.500. The van der Waals surface area contributed by atoms with Crippen molar-refractivity contribution in [3.05, 3.63) is 23.2 Å². The second-order valence-electron chi connectivity index (χ2n) is 4.01. The van der Waals surface area contributed by atoms with Crippen molar-refractivity contribution in [1.29, 1.82) is 0 Å². The highest BCUT2D eigenvalue weighted by Crippen LogP contribution is 2.37. The predicted molar refractivity (Wildman–Crippen MR) is 67.0 cm³/mol. The SMILES string of the molecule is CCC(C)N1CCNc2cccc(Cl)c21. The summed E-state index contributed by atoms with van der Waals surface area (Å²) in [6.07, 6.45) is 1.14. The number of benzene rings is 1. The van der Waals surface area contributed by atoms with Crippen molar-refractivity contribution in [1.82, 2.24) is 0 Å². The van der Waals surface area contributed by atoms with Crippen LogP contribution in [-0.2, 0) is 0 Å². The summed E-state index contributed by atoms with van der Waals surface area (Å²) in [5.74, 6) is 0. The lowest BCUT2D eigenvalue weighted by atomic mass is 10.1. The van der Waals surface area contributed by atoms with Gasteiger partial charge < -0.3 is 10.2 Å². The van der Waals surface area contributed by atoms with E-state index in [1.807, 2.05) is 12.1 Å². The minimum atomic E-state index is 0.547. The molecular weight excluding hydrogens is 208 g/mol. The Bertz CT molecular complexity index is 351. The molecule has 2 nitrogen and oxygen atoms in total. The highest BCUT2D eigenvalue weighted by Gasteiger charge is 2.22. The smallest absolute Gasteiger partial charge is 0.0794 e. The average Bonchev–Trinajstić information content (AvgIpc) is 2.28. The first-order valence-corrected chi connectivity index (χ1v) is 5.91. The minimum Gasteiger partial charge on any atom is -0.382 e. The Morgan fingerprint density at radius 2 is 2.33 bits per heavy atom. The molecule has 82 valence electrons. The van der Waals surface area contributed by atoms with Crippen molar-refractivity contribution in [3.63, 3.8) is 0 Å². The van der Waals surface area contributed by atoms with Crippen LogP contribution in [0.4, 0.5) is 11.4 Å². The molecule has 1 aliphatic rings. The Morgan fingerprint density at radius 1 is 1.53 bits per heavy atom. The first kappa shape index (κ1) is 10.6. The molecule has 0 aliphatic carbocycles. The van der Waals surface area contributed by atoms with E-state index in [1.54, 1.807) is 0 Å². The van der Waals surface area contributed by atoms with E-state index in [2.05, 4.69) is 30.1 Å². The van der Waals surface area contributed by atoms with Crippen molar-refractivity contribution in [2.45, 2.75) is 26.3 Å². The molecule has 0 fully saturated rings. The second-order valence-corrected chi connectivity index (χ2v) is 4.42. The van der Waals surface area contributed by atoms with Gasteiger partial charge in [0.1, 0.15) is 0 Å². The number of para-hydroxylation sites is 1. The molecule has 1 aromatic carbocycles. The number of halogens is 1. The molecule has 3 heteroatoms. The third-order valence-corrected chi connectivity index (χ3v) is 3.37. The van der Waals surface area contributed by atoms with Gasteiger partial charge in [-0.15, -0.1) is 0 Å². The summed E-state index contributed by atoms with van der Waals surface area (Å²) >= 11 is 6.26. The average molecular weight is 225 g/mol. The van der Waals surface area contributed by atoms with Gasteiger partial charge in [0.15, 0.2) is 0 Å². The molecule has 0 bridgehead atoms. The molecule has 1 atom stereocenters. The molecule has 1 aromatic rings. The van der Waals surface area contributed by atoms with Gasteiger partial charge in [-0.2, -0.15) is 0 Å². The summed E-state index contributed by atoms with van der Waals surface area (Å²) < 4.78 is 0. The van der Waals surface area contributed by atoms with Crippen LogP contribution in [0.1, 0.15) is 20.3 Å². The van der Waals surface area contributed by atoms with Crippen LogP contribution in [-0.4, -0.2) is 19.1 Å². The van der Waals surface area contributed by atoms with E-state index in [1.165, 1.54) is 5.69 Å². The van der Waals surface area contributed by atoms with Gasteiger partial charge in [0.2, 0.25) is 0 Å². The van der Waals surface area contributed by atoms with Crippen LogP contribution in [0.5, 0.6) is 0 Å². The van der Waals surface area contributed by atoms with Crippen molar-refractivity contribution in [2.24, 2.45) is 0 Å². The van der Waals surface area contributed by atoms with Crippen LogP contribution < -0.4 is 10.2 Å². The van der Waals surface area contributed by atoms with Crippen molar-refractivity contribution in [2.75, 3.05) is 23.3 Å². The first-order chi connectivity index (χ1) is 7.24. The van der Waals surface area contributed by atoms with Crippen LogP contribution in [0, 0.1) is 0 Å². The number of nitrogens with zero attached hydrogens (tertiary/aromatic N) is 1. The van der Waals surface area contributed by atoms with E-state index in [-0.39, 0.29) is 0 Å². The lowest BCUT2D eigenvalue weighted by Gasteiger charge is -2.37. The van der Waals surface area contributed by atoms with Gasteiger partial charge in [-0.3, -0.25) is 0 Å². The van der Waals surface area contributed by atoms with Gasteiger partial charge in [-0.1, -0.05) is 24.6 Å². The normalized spacial score (nSPS) is 16.9. The highest BCUT2D eigenvalue weighted by molar-refractivity contribution is 6.34. The number of nitrogens with one attached hydrogen (secondary N) is 1. The van der Waals surface area contributed by atoms with Crippen molar-refractivity contribution >= 4 is 23.0 Å². The van der Waals surface area contributed by atoms with Gasteiger partial charge in [0.25, 0.3) is 0 Å². The fourth-order valence-electron chi connectivity index (χ4n) is 2.03. The summed E-state index contributed by atoms with van der Waals surface area (Å²) in [5.41, 5.74) is 2.33. The maximum absolute atomic E-state index is 6.26. The van der Waals surface area contributed by atoms with Crippen LogP contribution in [0.2, 0.25) is 5.02 Å². The maximum atomic E-state index is 6.26. The molecule has 0 aromatic heterocycles. The van der Waals surface area contributed by atoms with Crippen LogP contribution in [0.15, 0.2) is 18.2 Å². The number of hydrogen-bond acceptors (Lipinski definition) is 2. The third-order valence-electron chi connectivity index (χ3n) is 3.07. The molecular formula is C12H17ClN2. The summed E-state index contributed by atoms with van der Waals surface area (Å²) in [4.78, 5) is 2.40. The molecule has 0 radical (unpaired) electrons. The Kier molecular flexibility index (Phi) is 3.06. The quantitative estimate of drug-likeness (QED) is 0.829. The van der Waals surface area contributed by atoms with E-state index in [9.17, 15) is 0 Å². The van der Waals surface area contributed by atoms with E-state index in [4.69, 9.17) is 11.6 Å². The zero-order valence-corrected chi connectivity index (χ0v) is 10.0. The first-order valence-electron chi connectivity index (χ1n) is 5.53. The topological polar surface area (TPSA) is 15.3 Å². The second kappa shape index (κ2) is 4.31. The Hall–Kier alpha value is -0.890. The predicted octanol–water partition coefficient (Wildman–Crippen LogP) is 3.37. The third kappa shape index (κ3) is 1.91. The van der Waals surface area contributed by atoms with Gasteiger partial charge in [-0.05, 0) is 25.5 Å². The van der Waals surface area contributed by atoms with Gasteiger partial charge >= 0.3 is 0 Å². The lowest BCUT2D eigenvalue weighted by molar-refractivity contribution is 0.616. The van der Waals surface area contributed by atoms with Crippen LogP contribution in [0.3, 0.4) is 0 Å². The molecule has 1 aliphatic heterocycles. The van der Waals surface area contributed by atoms with Crippen molar-refractivity contribution in [3.8, 4) is 0 Å². The zero-order chi connectivity index (χ0) is 10.8. The van der Waals surface area contributed by atoms with Gasteiger partial charge in [-0.25, -0.2) is 0 Å². The fourth-order valence-corrected chi connectivity index (χ4v) is 2.32. The Labute approximate surface area is 96.2 Å². The monoisotopic (exact) mass is 224 g/mol. The number of rotatable bonds is 2. The van der Waals surface area contributed by atoms with Crippen LogP contribution in [0.25, 0.3) is 0 Å². The summed E-state index contributed by atoms with van der Waals surface area (Å²) in [6.45, 7) is 6.49. The number of anilines is 2. The molecule has 0 spiro atoms. The van der Waals surface area contributed by atoms with Gasteiger partial charge in [0, 0.05) is 19.1 Å². The maximum Gasteiger partial charge on any atom is 0.0794 e. The summed E-state index contributed by atoms with van der Waals surface area (Å²) in [5, 5.41) is 4.23. The molecule has 0 saturated carbocycles. The summed E-state index contributed by atoms with van der Waals surface area (Å²) in [7, 11) is 0. The minimum absolute atomic E-state index is 0.547. The molecule has 1 heterocycles. The Morgan fingerprint density at radius 3 is 3.07 bits per heavy atom. The van der Waals surface area contributed by atoms with E-state index >= 15 is 0 Å². The van der Waals surface area contributed by atoms with Crippen LogP contribution >= 0.6 is 11.6 Å². The molecule has 2 rings (SSSR count). The van der Waals surface area contributed by atoms with E-state index < -0.39 is 0 Å². The number of hydrogen-bond donors (Lipinski definition) is 1.